The second-order valence-electron chi connectivity index (χ2n) is 3.98. The summed E-state index contributed by atoms with van der Waals surface area (Å²) in [5.74, 6) is 1.59. The molecule has 1 aromatic carbocycles. The van der Waals surface area contributed by atoms with Crippen LogP contribution in [0.5, 0.6) is 5.75 Å². The van der Waals surface area contributed by atoms with Crippen LogP contribution in [0.2, 0.25) is 0 Å². The van der Waals surface area contributed by atoms with Crippen LogP contribution in [-0.4, -0.2) is 17.3 Å². The van der Waals surface area contributed by atoms with Gasteiger partial charge in [0.2, 0.25) is 11.7 Å². The Bertz CT molecular complexity index is 572. The van der Waals surface area contributed by atoms with Crippen LogP contribution in [0, 0.1) is 17.2 Å². The van der Waals surface area contributed by atoms with Crippen molar-refractivity contribution in [1.29, 1.82) is 5.26 Å². The predicted octanol–water partition coefficient (Wildman–Crippen LogP) is 2.45. The third-order valence-electron chi connectivity index (χ3n) is 2.50. The molecule has 0 spiro atoms. The van der Waals surface area contributed by atoms with E-state index < -0.39 is 0 Å². The highest BCUT2D eigenvalue weighted by molar-refractivity contribution is 5.56. The van der Waals surface area contributed by atoms with Gasteiger partial charge in [0.15, 0.2) is 0 Å². The first kappa shape index (κ1) is 12.1. The van der Waals surface area contributed by atoms with Crippen molar-refractivity contribution >= 4 is 0 Å². The summed E-state index contributed by atoms with van der Waals surface area (Å²) in [5, 5.41) is 12.6. The lowest BCUT2D eigenvalue weighted by molar-refractivity contribution is 0.369. The molecule has 0 amide bonds. The highest BCUT2D eigenvalue weighted by Gasteiger charge is 2.12. The summed E-state index contributed by atoms with van der Waals surface area (Å²) in [6, 6.07) is 9.56. The van der Waals surface area contributed by atoms with Gasteiger partial charge in [-0.05, 0) is 19.1 Å². The van der Waals surface area contributed by atoms with Gasteiger partial charge in [-0.2, -0.15) is 10.2 Å². The minimum atomic E-state index is -0.136. The van der Waals surface area contributed by atoms with E-state index in [9.17, 15) is 0 Å². The van der Waals surface area contributed by atoms with Crippen molar-refractivity contribution < 1.29 is 9.26 Å². The summed E-state index contributed by atoms with van der Waals surface area (Å²) in [5.41, 5.74) is 0.828. The Morgan fingerprint density at radius 3 is 3.06 bits per heavy atom. The quantitative estimate of drug-likeness (QED) is 0.824. The molecule has 1 aromatic heterocycles. The van der Waals surface area contributed by atoms with Gasteiger partial charge in [0, 0.05) is 12.0 Å². The molecule has 2 rings (SSSR count). The zero-order valence-electron chi connectivity index (χ0n) is 10.3. The van der Waals surface area contributed by atoms with Gasteiger partial charge in [-0.25, -0.2) is 0 Å². The summed E-state index contributed by atoms with van der Waals surface area (Å²) >= 11 is 0. The van der Waals surface area contributed by atoms with Gasteiger partial charge in [-0.3, -0.25) is 0 Å². The summed E-state index contributed by atoms with van der Waals surface area (Å²) in [6.07, 6.45) is 0.466. The van der Waals surface area contributed by atoms with Gasteiger partial charge in [0.25, 0.3) is 0 Å². The van der Waals surface area contributed by atoms with Crippen LogP contribution in [0.15, 0.2) is 28.8 Å². The largest absolute Gasteiger partial charge is 0.497 e. The van der Waals surface area contributed by atoms with Crippen molar-refractivity contribution in [2.75, 3.05) is 7.11 Å². The normalized spacial score (nSPS) is 11.8. The van der Waals surface area contributed by atoms with Crippen LogP contribution < -0.4 is 4.74 Å². The number of benzene rings is 1. The average molecular weight is 243 g/mol. The number of nitrogens with zero attached hydrogens (tertiary/aromatic N) is 3. The van der Waals surface area contributed by atoms with E-state index in [1.807, 2.05) is 31.2 Å². The topological polar surface area (TPSA) is 71.9 Å². The van der Waals surface area contributed by atoms with E-state index in [0.717, 1.165) is 11.3 Å². The Morgan fingerprint density at radius 1 is 1.50 bits per heavy atom. The lowest BCUT2D eigenvalue weighted by Crippen LogP contribution is -1.96. The molecule has 18 heavy (non-hydrogen) atoms. The standard InChI is InChI=1S/C13H13N3O2/c1-9(8-14)6-12-15-13(16-18-12)10-4-3-5-11(7-10)17-2/h3-5,7,9H,6H2,1-2H3. The van der Waals surface area contributed by atoms with Gasteiger partial charge in [-0.15, -0.1) is 0 Å². The molecule has 92 valence electrons. The van der Waals surface area contributed by atoms with Crippen molar-refractivity contribution in [1.82, 2.24) is 10.1 Å². The molecule has 0 bridgehead atoms. The number of hydrogen-bond donors (Lipinski definition) is 0. The van der Waals surface area contributed by atoms with Crippen molar-refractivity contribution in [2.45, 2.75) is 13.3 Å². The average Bonchev–Trinajstić information content (AvgIpc) is 2.87. The molecule has 0 aliphatic heterocycles. The molecule has 0 aliphatic carbocycles. The Hall–Kier alpha value is -2.35. The summed E-state index contributed by atoms with van der Waals surface area (Å²) in [6.45, 7) is 1.81. The molecule has 2 aromatic rings. The third kappa shape index (κ3) is 2.66. The van der Waals surface area contributed by atoms with Crippen LogP contribution in [-0.2, 0) is 6.42 Å². The molecule has 0 fully saturated rings. The second-order valence-corrected chi connectivity index (χ2v) is 3.98. The number of aromatic nitrogens is 2. The molecular formula is C13H13N3O2. The number of rotatable bonds is 4. The summed E-state index contributed by atoms with van der Waals surface area (Å²) in [4.78, 5) is 4.26. The Kier molecular flexibility index (Phi) is 3.58. The molecular weight excluding hydrogens is 230 g/mol. The predicted molar refractivity (Wildman–Crippen MR) is 64.8 cm³/mol. The number of nitriles is 1. The Morgan fingerprint density at radius 2 is 2.33 bits per heavy atom. The van der Waals surface area contributed by atoms with E-state index in [-0.39, 0.29) is 5.92 Å². The number of ether oxygens (including phenoxy) is 1. The van der Waals surface area contributed by atoms with Crippen LogP contribution in [0.25, 0.3) is 11.4 Å². The fraction of sp³-hybridized carbons (Fsp3) is 0.308. The Labute approximate surface area is 105 Å². The fourth-order valence-electron chi connectivity index (χ4n) is 1.52. The number of hydrogen-bond acceptors (Lipinski definition) is 5. The van der Waals surface area contributed by atoms with E-state index >= 15 is 0 Å². The highest BCUT2D eigenvalue weighted by atomic mass is 16.5. The smallest absolute Gasteiger partial charge is 0.228 e. The molecule has 0 saturated carbocycles. The van der Waals surface area contributed by atoms with Crippen LogP contribution in [0.1, 0.15) is 12.8 Å². The lowest BCUT2D eigenvalue weighted by Gasteiger charge is -1.99. The first-order chi connectivity index (χ1) is 8.72. The van der Waals surface area contributed by atoms with Gasteiger partial charge in [0.1, 0.15) is 5.75 Å². The van der Waals surface area contributed by atoms with E-state index in [4.69, 9.17) is 14.5 Å². The molecule has 0 radical (unpaired) electrons. The first-order valence-electron chi connectivity index (χ1n) is 5.59. The first-order valence-corrected chi connectivity index (χ1v) is 5.59. The zero-order valence-corrected chi connectivity index (χ0v) is 10.3. The van der Waals surface area contributed by atoms with Gasteiger partial charge >= 0.3 is 0 Å². The van der Waals surface area contributed by atoms with Gasteiger partial charge < -0.3 is 9.26 Å². The molecule has 5 heteroatoms. The van der Waals surface area contributed by atoms with Crippen molar-refractivity contribution in [3.63, 3.8) is 0 Å². The van der Waals surface area contributed by atoms with Crippen molar-refractivity contribution in [3.05, 3.63) is 30.2 Å². The zero-order chi connectivity index (χ0) is 13.0. The monoisotopic (exact) mass is 243 g/mol. The van der Waals surface area contributed by atoms with Crippen LogP contribution >= 0.6 is 0 Å². The lowest BCUT2D eigenvalue weighted by atomic mass is 10.1. The van der Waals surface area contributed by atoms with E-state index in [1.165, 1.54) is 0 Å². The number of methoxy groups -OCH3 is 1. The van der Waals surface area contributed by atoms with Crippen molar-refractivity contribution in [3.8, 4) is 23.2 Å². The maximum atomic E-state index is 8.73. The van der Waals surface area contributed by atoms with Crippen LogP contribution in [0.3, 0.4) is 0 Å². The van der Waals surface area contributed by atoms with Gasteiger partial charge in [0.05, 0.1) is 19.1 Å². The maximum Gasteiger partial charge on any atom is 0.228 e. The molecule has 1 heterocycles. The summed E-state index contributed by atoms with van der Waals surface area (Å²) in [7, 11) is 1.61. The molecule has 5 nitrogen and oxygen atoms in total. The molecule has 0 aliphatic rings. The third-order valence-corrected chi connectivity index (χ3v) is 2.50. The fourth-order valence-corrected chi connectivity index (χ4v) is 1.52. The molecule has 0 N–H and O–H groups in total. The SMILES string of the molecule is COc1cccc(-c2noc(CC(C)C#N)n2)c1. The van der Waals surface area contributed by atoms with E-state index in [0.29, 0.717) is 18.1 Å². The molecule has 1 atom stereocenters. The van der Waals surface area contributed by atoms with E-state index in [1.54, 1.807) is 7.11 Å². The Balaban J connectivity index is 2.21. The van der Waals surface area contributed by atoms with E-state index in [2.05, 4.69) is 16.2 Å². The minimum Gasteiger partial charge on any atom is -0.497 e. The highest BCUT2D eigenvalue weighted by Crippen LogP contribution is 2.21. The van der Waals surface area contributed by atoms with Gasteiger partial charge in [-0.1, -0.05) is 17.3 Å². The summed E-state index contributed by atoms with van der Waals surface area (Å²) < 4.78 is 10.2. The minimum absolute atomic E-state index is 0.136. The molecule has 0 saturated heterocycles. The second kappa shape index (κ2) is 5.32. The molecule has 1 unspecified atom stereocenters. The van der Waals surface area contributed by atoms with Crippen LogP contribution in [0.4, 0.5) is 0 Å². The maximum absolute atomic E-state index is 8.73. The van der Waals surface area contributed by atoms with Crippen molar-refractivity contribution in [2.24, 2.45) is 5.92 Å².